The summed E-state index contributed by atoms with van der Waals surface area (Å²) in [6.07, 6.45) is 3.61. The molecule has 1 saturated heterocycles. The number of nitrogens with two attached hydrogens (primary N) is 1. The molecule has 1 aliphatic rings. The van der Waals surface area contributed by atoms with Gasteiger partial charge in [0.25, 0.3) is 0 Å². The van der Waals surface area contributed by atoms with Crippen molar-refractivity contribution >= 4 is 5.95 Å². The molecular formula is C8H15N5. The van der Waals surface area contributed by atoms with Gasteiger partial charge in [0.15, 0.2) is 5.82 Å². The van der Waals surface area contributed by atoms with Crippen molar-refractivity contribution in [2.75, 3.05) is 12.3 Å². The lowest BCUT2D eigenvalue weighted by molar-refractivity contribution is 0.396. The Labute approximate surface area is 77.3 Å². The summed E-state index contributed by atoms with van der Waals surface area (Å²) in [6, 6.07) is 0.303. The first-order valence-corrected chi connectivity index (χ1v) is 4.67. The average Bonchev–Trinajstić information content (AvgIpc) is 2.49. The van der Waals surface area contributed by atoms with Crippen LogP contribution in [-0.2, 0) is 7.05 Å². The highest BCUT2D eigenvalue weighted by Gasteiger charge is 2.19. The Bertz CT molecular complexity index is 267. The zero-order valence-electron chi connectivity index (χ0n) is 7.82. The van der Waals surface area contributed by atoms with Crippen LogP contribution >= 0.6 is 0 Å². The summed E-state index contributed by atoms with van der Waals surface area (Å²) in [7, 11) is 1.81. The number of hydrogen-bond acceptors (Lipinski definition) is 4. The number of aryl methyl sites for hydroxylation is 1. The lowest BCUT2D eigenvalue weighted by Crippen LogP contribution is -2.27. The molecule has 1 unspecified atom stereocenters. The number of nitrogens with zero attached hydrogens (tertiary/aromatic N) is 3. The second-order valence-corrected chi connectivity index (χ2v) is 3.45. The van der Waals surface area contributed by atoms with E-state index in [0.717, 1.165) is 18.8 Å². The van der Waals surface area contributed by atoms with Crippen molar-refractivity contribution < 1.29 is 0 Å². The Hall–Kier alpha value is -1.10. The second kappa shape index (κ2) is 3.33. The van der Waals surface area contributed by atoms with Crippen LogP contribution in [0.25, 0.3) is 0 Å². The van der Waals surface area contributed by atoms with Gasteiger partial charge in [0.2, 0.25) is 5.95 Å². The normalized spacial score (nSPS) is 23.3. The number of anilines is 1. The van der Waals surface area contributed by atoms with Crippen molar-refractivity contribution in [3.05, 3.63) is 5.82 Å². The molecule has 1 aromatic heterocycles. The van der Waals surface area contributed by atoms with Crippen LogP contribution in [0, 0.1) is 0 Å². The Balaban J connectivity index is 2.14. The minimum Gasteiger partial charge on any atom is -0.368 e. The first-order valence-electron chi connectivity index (χ1n) is 4.67. The van der Waals surface area contributed by atoms with Crippen molar-refractivity contribution in [1.82, 2.24) is 20.1 Å². The number of aromatic nitrogens is 3. The number of piperidine rings is 1. The molecule has 0 bridgehead atoms. The molecule has 72 valence electrons. The smallest absolute Gasteiger partial charge is 0.218 e. The van der Waals surface area contributed by atoms with Gasteiger partial charge < -0.3 is 11.1 Å². The molecule has 5 heteroatoms. The van der Waals surface area contributed by atoms with Crippen LogP contribution in [-0.4, -0.2) is 21.3 Å². The van der Waals surface area contributed by atoms with Gasteiger partial charge in [0.1, 0.15) is 0 Å². The quantitative estimate of drug-likeness (QED) is 0.650. The predicted octanol–water partition coefficient (Wildman–Crippen LogP) is 0.212. The zero-order chi connectivity index (χ0) is 9.26. The van der Waals surface area contributed by atoms with Crippen molar-refractivity contribution in [2.24, 2.45) is 7.05 Å². The highest BCUT2D eigenvalue weighted by molar-refractivity contribution is 5.16. The number of hydrogen-bond donors (Lipinski definition) is 2. The largest absolute Gasteiger partial charge is 0.368 e. The van der Waals surface area contributed by atoms with Crippen LogP contribution in [0.5, 0.6) is 0 Å². The van der Waals surface area contributed by atoms with Crippen molar-refractivity contribution in [1.29, 1.82) is 0 Å². The summed E-state index contributed by atoms with van der Waals surface area (Å²) >= 11 is 0. The Morgan fingerprint density at radius 3 is 2.92 bits per heavy atom. The van der Waals surface area contributed by atoms with Gasteiger partial charge in [-0.1, -0.05) is 6.42 Å². The third kappa shape index (κ3) is 1.65. The molecule has 13 heavy (non-hydrogen) atoms. The van der Waals surface area contributed by atoms with Gasteiger partial charge in [0.05, 0.1) is 6.04 Å². The first kappa shape index (κ1) is 8.50. The molecule has 0 spiro atoms. The molecule has 0 radical (unpaired) electrons. The van der Waals surface area contributed by atoms with E-state index in [0.29, 0.717) is 12.0 Å². The van der Waals surface area contributed by atoms with E-state index >= 15 is 0 Å². The third-order valence-corrected chi connectivity index (χ3v) is 2.44. The molecule has 0 aromatic carbocycles. The minimum absolute atomic E-state index is 0.303. The van der Waals surface area contributed by atoms with Crippen molar-refractivity contribution in [3.63, 3.8) is 0 Å². The van der Waals surface area contributed by atoms with Crippen molar-refractivity contribution in [3.8, 4) is 0 Å². The van der Waals surface area contributed by atoms with E-state index in [9.17, 15) is 0 Å². The highest BCUT2D eigenvalue weighted by atomic mass is 15.4. The van der Waals surface area contributed by atoms with E-state index in [4.69, 9.17) is 5.73 Å². The molecule has 0 saturated carbocycles. The van der Waals surface area contributed by atoms with Crippen molar-refractivity contribution in [2.45, 2.75) is 25.3 Å². The van der Waals surface area contributed by atoms with Crippen LogP contribution in [0.1, 0.15) is 31.1 Å². The molecule has 2 rings (SSSR count). The van der Waals surface area contributed by atoms with Crippen LogP contribution in [0.15, 0.2) is 0 Å². The fourth-order valence-electron chi connectivity index (χ4n) is 1.64. The van der Waals surface area contributed by atoms with Gasteiger partial charge in [-0.25, -0.2) is 4.68 Å². The van der Waals surface area contributed by atoms with E-state index in [2.05, 4.69) is 15.4 Å². The maximum absolute atomic E-state index is 5.61. The molecule has 2 heterocycles. The number of nitrogens with one attached hydrogen (secondary N) is 1. The lowest BCUT2D eigenvalue weighted by Gasteiger charge is -2.20. The van der Waals surface area contributed by atoms with E-state index < -0.39 is 0 Å². The zero-order valence-corrected chi connectivity index (χ0v) is 7.82. The Morgan fingerprint density at radius 1 is 1.54 bits per heavy atom. The number of nitrogen functional groups attached to an aromatic ring is 1. The molecule has 1 atom stereocenters. The minimum atomic E-state index is 0.303. The molecule has 1 fully saturated rings. The second-order valence-electron chi connectivity index (χ2n) is 3.45. The summed E-state index contributed by atoms with van der Waals surface area (Å²) in [5.41, 5.74) is 5.61. The lowest BCUT2D eigenvalue weighted by atomic mass is 10.0. The third-order valence-electron chi connectivity index (χ3n) is 2.44. The number of rotatable bonds is 1. The summed E-state index contributed by atoms with van der Waals surface area (Å²) < 4.78 is 1.62. The fraction of sp³-hybridized carbons (Fsp3) is 0.750. The van der Waals surface area contributed by atoms with Gasteiger partial charge in [-0.05, 0) is 19.4 Å². The summed E-state index contributed by atoms with van der Waals surface area (Å²) in [5.74, 6) is 1.32. The topological polar surface area (TPSA) is 68.8 Å². The Morgan fingerprint density at radius 2 is 2.38 bits per heavy atom. The molecule has 0 amide bonds. The van der Waals surface area contributed by atoms with Crippen LogP contribution < -0.4 is 11.1 Å². The van der Waals surface area contributed by atoms with Crippen LogP contribution in [0.4, 0.5) is 5.95 Å². The average molecular weight is 181 g/mol. The fourth-order valence-corrected chi connectivity index (χ4v) is 1.64. The van der Waals surface area contributed by atoms with E-state index in [1.807, 2.05) is 7.05 Å². The molecule has 3 N–H and O–H groups in total. The molecule has 1 aromatic rings. The van der Waals surface area contributed by atoms with Gasteiger partial charge >= 0.3 is 0 Å². The first-order chi connectivity index (χ1) is 6.27. The maximum atomic E-state index is 5.61. The standard InChI is InChI=1S/C8H15N5/c1-13-8(9)11-7(12-13)6-4-2-3-5-10-6/h6,10H,2-5H2,1H3,(H2,9,11,12). The summed E-state index contributed by atoms with van der Waals surface area (Å²) in [6.45, 7) is 1.06. The van der Waals surface area contributed by atoms with Crippen LogP contribution in [0.3, 0.4) is 0 Å². The van der Waals surface area contributed by atoms with E-state index in [1.165, 1.54) is 12.8 Å². The maximum Gasteiger partial charge on any atom is 0.218 e. The highest BCUT2D eigenvalue weighted by Crippen LogP contribution is 2.20. The van der Waals surface area contributed by atoms with E-state index in [1.54, 1.807) is 4.68 Å². The van der Waals surface area contributed by atoms with Gasteiger partial charge in [0, 0.05) is 7.05 Å². The predicted molar refractivity (Wildman–Crippen MR) is 50.0 cm³/mol. The summed E-state index contributed by atoms with van der Waals surface area (Å²) in [5, 5.41) is 7.63. The molecule has 1 aliphatic heterocycles. The van der Waals surface area contributed by atoms with E-state index in [-0.39, 0.29) is 0 Å². The molecule has 0 aliphatic carbocycles. The van der Waals surface area contributed by atoms with Crippen LogP contribution in [0.2, 0.25) is 0 Å². The summed E-state index contributed by atoms with van der Waals surface area (Å²) in [4.78, 5) is 4.20. The molecular weight excluding hydrogens is 166 g/mol. The SMILES string of the molecule is Cn1nc(C2CCCCN2)nc1N. The van der Waals surface area contributed by atoms with Gasteiger partial charge in [-0.3, -0.25) is 0 Å². The monoisotopic (exact) mass is 181 g/mol. The van der Waals surface area contributed by atoms with Gasteiger partial charge in [-0.2, -0.15) is 10.1 Å². The van der Waals surface area contributed by atoms with Gasteiger partial charge in [-0.15, -0.1) is 0 Å². The Kier molecular flexibility index (Phi) is 2.18. The molecule has 5 nitrogen and oxygen atoms in total.